The van der Waals surface area contributed by atoms with Crippen LogP contribution in [0.15, 0.2) is 0 Å². The van der Waals surface area contributed by atoms with E-state index in [0.717, 1.165) is 11.3 Å². The summed E-state index contributed by atoms with van der Waals surface area (Å²) in [5.74, 6) is 1.07. The van der Waals surface area contributed by atoms with E-state index in [4.69, 9.17) is 0 Å². The van der Waals surface area contributed by atoms with Gasteiger partial charge in [0.15, 0.2) is 0 Å². The number of unbranched alkanes of at least 4 members (excludes halogenated alkanes) is 1. The van der Waals surface area contributed by atoms with Crippen molar-refractivity contribution in [2.75, 3.05) is 0 Å². The fourth-order valence-corrected chi connectivity index (χ4v) is 1.52. The first kappa shape index (κ1) is 7.11. The molecular formula is C9H18. The van der Waals surface area contributed by atoms with Crippen LogP contribution in [0.5, 0.6) is 0 Å². The van der Waals surface area contributed by atoms with E-state index in [-0.39, 0.29) is 0 Å². The van der Waals surface area contributed by atoms with Crippen molar-refractivity contribution in [1.29, 1.82) is 0 Å². The molecule has 0 aromatic heterocycles. The summed E-state index contributed by atoms with van der Waals surface area (Å²) in [7, 11) is 0. The molecule has 0 amide bonds. The Morgan fingerprint density at radius 3 is 2.33 bits per heavy atom. The molecule has 0 bridgehead atoms. The van der Waals surface area contributed by atoms with Gasteiger partial charge in [0.2, 0.25) is 0 Å². The molecule has 0 aliphatic heterocycles. The molecule has 0 heteroatoms. The quantitative estimate of drug-likeness (QED) is 0.544. The molecule has 0 aromatic rings. The van der Waals surface area contributed by atoms with Crippen LogP contribution in [-0.2, 0) is 0 Å². The van der Waals surface area contributed by atoms with Gasteiger partial charge in [-0.05, 0) is 24.2 Å². The van der Waals surface area contributed by atoms with Gasteiger partial charge in [-0.1, -0.05) is 33.6 Å². The van der Waals surface area contributed by atoms with Crippen LogP contribution < -0.4 is 0 Å². The van der Waals surface area contributed by atoms with Gasteiger partial charge in [-0.3, -0.25) is 0 Å². The Labute approximate surface area is 58.7 Å². The van der Waals surface area contributed by atoms with E-state index < -0.39 is 0 Å². The van der Waals surface area contributed by atoms with E-state index in [0.29, 0.717) is 0 Å². The second-order valence-electron chi connectivity index (χ2n) is 4.03. The summed E-state index contributed by atoms with van der Waals surface area (Å²) < 4.78 is 0. The summed E-state index contributed by atoms with van der Waals surface area (Å²) in [5.41, 5.74) is 0.717. The van der Waals surface area contributed by atoms with Crippen molar-refractivity contribution in [3.63, 3.8) is 0 Å². The number of hydrogen-bond donors (Lipinski definition) is 0. The molecule has 0 radical (unpaired) electrons. The highest BCUT2D eigenvalue weighted by atomic mass is 14.5. The molecule has 0 spiro atoms. The summed E-state index contributed by atoms with van der Waals surface area (Å²) in [5, 5.41) is 0. The Balaban J connectivity index is 2.06. The molecule has 1 rings (SSSR count). The van der Waals surface area contributed by atoms with Gasteiger partial charge in [0.05, 0.1) is 0 Å². The van der Waals surface area contributed by atoms with Gasteiger partial charge in [0.25, 0.3) is 0 Å². The van der Waals surface area contributed by atoms with Crippen LogP contribution in [0.3, 0.4) is 0 Å². The second kappa shape index (κ2) is 2.32. The Morgan fingerprint density at radius 2 is 2.00 bits per heavy atom. The molecule has 0 N–H and O–H groups in total. The van der Waals surface area contributed by atoms with Crippen molar-refractivity contribution in [2.45, 2.75) is 46.5 Å². The molecule has 1 aliphatic carbocycles. The monoisotopic (exact) mass is 126 g/mol. The number of hydrogen-bond acceptors (Lipinski definition) is 0. The van der Waals surface area contributed by atoms with Crippen LogP contribution in [0.1, 0.15) is 46.5 Å². The maximum absolute atomic E-state index is 2.38. The minimum atomic E-state index is 0.717. The molecule has 1 saturated carbocycles. The third kappa shape index (κ3) is 1.70. The Bertz CT molecular complexity index is 92.2. The zero-order valence-corrected chi connectivity index (χ0v) is 6.91. The lowest BCUT2D eigenvalue weighted by molar-refractivity contribution is 0.515. The van der Waals surface area contributed by atoms with Gasteiger partial charge in [0.1, 0.15) is 0 Å². The highest BCUT2D eigenvalue weighted by molar-refractivity contribution is 4.94. The van der Waals surface area contributed by atoms with Gasteiger partial charge in [-0.25, -0.2) is 0 Å². The minimum absolute atomic E-state index is 0.717. The number of rotatable bonds is 3. The molecule has 1 aliphatic rings. The summed E-state index contributed by atoms with van der Waals surface area (Å²) in [6.07, 6.45) is 5.76. The van der Waals surface area contributed by atoms with Crippen LogP contribution >= 0.6 is 0 Å². The molecule has 9 heavy (non-hydrogen) atoms. The summed E-state index contributed by atoms with van der Waals surface area (Å²) in [6.45, 7) is 7.04. The van der Waals surface area contributed by atoms with Gasteiger partial charge in [-0.15, -0.1) is 0 Å². The van der Waals surface area contributed by atoms with Crippen molar-refractivity contribution >= 4 is 0 Å². The zero-order chi connectivity index (χ0) is 6.91. The smallest absolute Gasteiger partial charge is 0.0323 e. The van der Waals surface area contributed by atoms with Crippen LogP contribution in [0.4, 0.5) is 0 Å². The highest BCUT2D eigenvalue weighted by Gasteiger charge is 2.44. The Kier molecular flexibility index (Phi) is 1.83. The van der Waals surface area contributed by atoms with E-state index >= 15 is 0 Å². The van der Waals surface area contributed by atoms with Gasteiger partial charge < -0.3 is 0 Å². The molecule has 1 unspecified atom stereocenters. The average molecular weight is 126 g/mol. The Morgan fingerprint density at radius 1 is 1.44 bits per heavy atom. The van der Waals surface area contributed by atoms with Crippen molar-refractivity contribution in [1.82, 2.24) is 0 Å². The standard InChI is InChI=1S/C9H18/c1-4-5-6-8-7-9(8,2)3/h8H,4-7H2,1-3H3. The molecule has 0 saturated heterocycles. The first-order valence-electron chi connectivity index (χ1n) is 4.17. The van der Waals surface area contributed by atoms with Crippen LogP contribution in [0.2, 0.25) is 0 Å². The van der Waals surface area contributed by atoms with E-state index in [2.05, 4.69) is 20.8 Å². The molecule has 1 fully saturated rings. The predicted octanol–water partition coefficient (Wildman–Crippen LogP) is 3.22. The summed E-state index contributed by atoms with van der Waals surface area (Å²) >= 11 is 0. The fourth-order valence-electron chi connectivity index (χ4n) is 1.52. The lowest BCUT2D eigenvalue weighted by Crippen LogP contribution is -1.89. The fraction of sp³-hybridized carbons (Fsp3) is 1.00. The third-order valence-corrected chi connectivity index (χ3v) is 2.62. The maximum atomic E-state index is 2.38. The van der Waals surface area contributed by atoms with Crippen molar-refractivity contribution < 1.29 is 0 Å². The SMILES string of the molecule is CCCCC1CC1(C)C. The molecule has 0 aromatic carbocycles. The summed E-state index contributed by atoms with van der Waals surface area (Å²) in [6, 6.07) is 0. The molecule has 1 atom stereocenters. The molecule has 0 heterocycles. The molecular weight excluding hydrogens is 108 g/mol. The van der Waals surface area contributed by atoms with Crippen molar-refractivity contribution in [3.8, 4) is 0 Å². The maximum Gasteiger partial charge on any atom is -0.0323 e. The third-order valence-electron chi connectivity index (χ3n) is 2.62. The lowest BCUT2D eigenvalue weighted by atomic mass is 10.1. The van der Waals surface area contributed by atoms with Crippen molar-refractivity contribution in [3.05, 3.63) is 0 Å². The summed E-state index contributed by atoms with van der Waals surface area (Å²) in [4.78, 5) is 0. The topological polar surface area (TPSA) is 0 Å². The van der Waals surface area contributed by atoms with Gasteiger partial charge >= 0.3 is 0 Å². The normalized spacial score (nSPS) is 30.3. The average Bonchev–Trinajstić information content (AvgIpc) is 2.35. The van der Waals surface area contributed by atoms with E-state index in [1.54, 1.807) is 0 Å². The predicted molar refractivity (Wildman–Crippen MR) is 41.4 cm³/mol. The van der Waals surface area contributed by atoms with Crippen molar-refractivity contribution in [2.24, 2.45) is 11.3 Å². The first-order valence-corrected chi connectivity index (χ1v) is 4.17. The van der Waals surface area contributed by atoms with Crippen LogP contribution in [-0.4, -0.2) is 0 Å². The second-order valence-corrected chi connectivity index (χ2v) is 4.03. The van der Waals surface area contributed by atoms with E-state index in [1.807, 2.05) is 0 Å². The lowest BCUT2D eigenvalue weighted by Gasteiger charge is -1.99. The minimum Gasteiger partial charge on any atom is -0.0654 e. The van der Waals surface area contributed by atoms with Gasteiger partial charge in [0, 0.05) is 0 Å². The van der Waals surface area contributed by atoms with Gasteiger partial charge in [-0.2, -0.15) is 0 Å². The van der Waals surface area contributed by atoms with Crippen LogP contribution in [0, 0.1) is 11.3 Å². The first-order chi connectivity index (χ1) is 4.17. The van der Waals surface area contributed by atoms with E-state index in [9.17, 15) is 0 Å². The van der Waals surface area contributed by atoms with E-state index in [1.165, 1.54) is 25.7 Å². The largest absolute Gasteiger partial charge is 0.0654 e. The highest BCUT2D eigenvalue weighted by Crippen LogP contribution is 2.54. The molecule has 54 valence electrons. The van der Waals surface area contributed by atoms with Crippen LogP contribution in [0.25, 0.3) is 0 Å². The molecule has 0 nitrogen and oxygen atoms in total. The Hall–Kier alpha value is 0. The zero-order valence-electron chi connectivity index (χ0n) is 6.91.